The second kappa shape index (κ2) is 8.21. The SMILES string of the molecule is COc1cc(C)c2[nH]ccc2c1Cn1cc2ccc(C#N)c(OC3CCCN(C)C3)c2n1. The fourth-order valence-corrected chi connectivity index (χ4v) is 4.72. The maximum Gasteiger partial charge on any atom is 0.165 e. The topological polar surface area (TPSA) is 79.1 Å². The average Bonchev–Trinajstić information content (AvgIpc) is 3.43. The molecule has 0 amide bonds. The molecule has 1 saturated heterocycles. The second-order valence-corrected chi connectivity index (χ2v) is 8.60. The van der Waals surface area contributed by atoms with E-state index in [-0.39, 0.29) is 6.10 Å². The molecule has 0 spiro atoms. The van der Waals surface area contributed by atoms with Crippen molar-refractivity contribution in [2.45, 2.75) is 32.4 Å². The number of hydrogen-bond donors (Lipinski definition) is 1. The number of hydrogen-bond acceptors (Lipinski definition) is 5. The molecule has 0 radical (unpaired) electrons. The lowest BCUT2D eigenvalue weighted by molar-refractivity contribution is 0.105. The molecule has 4 aromatic rings. The molecule has 1 atom stereocenters. The number of H-pyrrole nitrogens is 1. The van der Waals surface area contributed by atoms with Gasteiger partial charge in [-0.2, -0.15) is 10.4 Å². The molecule has 0 aliphatic carbocycles. The van der Waals surface area contributed by atoms with Crippen LogP contribution >= 0.6 is 0 Å². The summed E-state index contributed by atoms with van der Waals surface area (Å²) in [5.41, 5.74) is 4.57. The van der Waals surface area contributed by atoms with Gasteiger partial charge in [-0.1, -0.05) is 0 Å². The van der Waals surface area contributed by atoms with Gasteiger partial charge in [0.25, 0.3) is 0 Å². The molecule has 2 aromatic carbocycles. The van der Waals surface area contributed by atoms with Gasteiger partial charge in [-0.15, -0.1) is 0 Å². The van der Waals surface area contributed by atoms with Crippen molar-refractivity contribution in [1.29, 1.82) is 5.26 Å². The first-order valence-corrected chi connectivity index (χ1v) is 11.0. The van der Waals surface area contributed by atoms with E-state index in [1.165, 1.54) is 0 Å². The second-order valence-electron chi connectivity index (χ2n) is 8.60. The van der Waals surface area contributed by atoms with Crippen LogP contribution in [0.1, 0.15) is 29.5 Å². The summed E-state index contributed by atoms with van der Waals surface area (Å²) in [6, 6.07) is 10.2. The molecule has 5 rings (SSSR count). The number of rotatable bonds is 5. The Morgan fingerprint density at radius 3 is 2.97 bits per heavy atom. The Morgan fingerprint density at radius 1 is 1.31 bits per heavy atom. The van der Waals surface area contributed by atoms with Gasteiger partial charge in [-0.05, 0) is 63.2 Å². The van der Waals surface area contributed by atoms with Gasteiger partial charge < -0.3 is 19.4 Å². The predicted octanol–water partition coefficient (Wildman–Crippen LogP) is 4.23. The van der Waals surface area contributed by atoms with Crippen molar-refractivity contribution in [3.63, 3.8) is 0 Å². The molecule has 7 nitrogen and oxygen atoms in total. The maximum absolute atomic E-state index is 9.70. The van der Waals surface area contributed by atoms with Crippen molar-refractivity contribution < 1.29 is 9.47 Å². The molecule has 1 N–H and O–H groups in total. The molecule has 164 valence electrons. The molecule has 7 heteroatoms. The molecule has 32 heavy (non-hydrogen) atoms. The third-order valence-electron chi connectivity index (χ3n) is 6.32. The van der Waals surface area contributed by atoms with Crippen LogP contribution in [-0.2, 0) is 6.54 Å². The molecule has 1 aliphatic heterocycles. The van der Waals surface area contributed by atoms with Crippen LogP contribution in [0.3, 0.4) is 0 Å². The molecule has 1 unspecified atom stereocenters. The van der Waals surface area contributed by atoms with Gasteiger partial charge in [0.15, 0.2) is 5.75 Å². The number of nitrogens with zero attached hydrogens (tertiary/aromatic N) is 4. The Morgan fingerprint density at radius 2 is 2.19 bits per heavy atom. The summed E-state index contributed by atoms with van der Waals surface area (Å²) in [5, 5.41) is 16.6. The number of ether oxygens (including phenoxy) is 2. The quantitative estimate of drug-likeness (QED) is 0.514. The first-order chi connectivity index (χ1) is 15.6. The summed E-state index contributed by atoms with van der Waals surface area (Å²) < 4.78 is 14.0. The van der Waals surface area contributed by atoms with Crippen LogP contribution in [0.4, 0.5) is 0 Å². The van der Waals surface area contributed by atoms with E-state index in [4.69, 9.17) is 14.6 Å². The lowest BCUT2D eigenvalue weighted by Crippen LogP contribution is -2.38. The number of piperidine rings is 1. The van der Waals surface area contributed by atoms with E-state index in [1.807, 2.05) is 29.2 Å². The van der Waals surface area contributed by atoms with E-state index in [9.17, 15) is 5.26 Å². The van der Waals surface area contributed by atoms with Crippen LogP contribution in [0.2, 0.25) is 0 Å². The molecule has 0 bridgehead atoms. The Bertz CT molecular complexity index is 1330. The Balaban J connectivity index is 1.55. The van der Waals surface area contributed by atoms with Gasteiger partial charge in [-0.25, -0.2) is 0 Å². The number of fused-ring (bicyclic) bond motifs is 2. The molecule has 1 aliphatic rings. The minimum absolute atomic E-state index is 0.0632. The zero-order valence-corrected chi connectivity index (χ0v) is 18.7. The highest BCUT2D eigenvalue weighted by molar-refractivity contribution is 5.89. The van der Waals surface area contributed by atoms with Crippen molar-refractivity contribution in [2.75, 3.05) is 27.2 Å². The number of nitriles is 1. The van der Waals surface area contributed by atoms with Crippen LogP contribution in [0, 0.1) is 18.3 Å². The van der Waals surface area contributed by atoms with Gasteiger partial charge in [-0.3, -0.25) is 4.68 Å². The number of aromatic nitrogens is 3. The van der Waals surface area contributed by atoms with Crippen molar-refractivity contribution in [3.05, 3.63) is 53.3 Å². The highest BCUT2D eigenvalue weighted by Crippen LogP contribution is 2.33. The van der Waals surface area contributed by atoms with Gasteiger partial charge >= 0.3 is 0 Å². The number of methoxy groups -OCH3 is 1. The Hall–Kier alpha value is -3.50. The minimum Gasteiger partial charge on any atom is -0.496 e. The third kappa shape index (κ3) is 3.57. The summed E-state index contributed by atoms with van der Waals surface area (Å²) in [7, 11) is 3.80. The van der Waals surface area contributed by atoms with Gasteiger partial charge in [0.05, 0.1) is 19.2 Å². The van der Waals surface area contributed by atoms with E-state index in [0.717, 1.165) is 64.6 Å². The number of likely N-dealkylation sites (tertiary alicyclic amines) is 1. The first kappa shape index (κ1) is 20.4. The van der Waals surface area contributed by atoms with Crippen molar-refractivity contribution in [2.24, 2.45) is 0 Å². The number of benzene rings is 2. The smallest absolute Gasteiger partial charge is 0.165 e. The maximum atomic E-state index is 9.70. The van der Waals surface area contributed by atoms with E-state index in [2.05, 4.69) is 42.1 Å². The van der Waals surface area contributed by atoms with Gasteiger partial charge in [0.2, 0.25) is 0 Å². The van der Waals surface area contributed by atoms with E-state index >= 15 is 0 Å². The standard InChI is InChI=1S/C25H27N5O2/c1-16-11-22(31-3)21(20-8-9-27-23(16)20)15-30-13-18-7-6-17(12-26)25(24(18)28-30)32-19-5-4-10-29(2)14-19/h6-9,11,13,19,27H,4-5,10,14-15H2,1-3H3. The normalized spacial score (nSPS) is 17.0. The summed E-state index contributed by atoms with van der Waals surface area (Å²) in [5.74, 6) is 1.43. The lowest BCUT2D eigenvalue weighted by Gasteiger charge is -2.30. The van der Waals surface area contributed by atoms with Crippen LogP contribution in [0.15, 0.2) is 36.7 Å². The zero-order chi connectivity index (χ0) is 22.2. The molecular formula is C25H27N5O2. The Labute approximate surface area is 187 Å². The zero-order valence-electron chi connectivity index (χ0n) is 18.7. The number of likely N-dealkylation sites (N-methyl/N-ethyl adjacent to an activating group) is 1. The number of aryl methyl sites for hydroxylation is 1. The highest BCUT2D eigenvalue weighted by Gasteiger charge is 2.22. The predicted molar refractivity (Wildman–Crippen MR) is 124 cm³/mol. The van der Waals surface area contributed by atoms with Gasteiger partial charge in [0, 0.05) is 40.8 Å². The molecule has 0 saturated carbocycles. The van der Waals surface area contributed by atoms with Crippen LogP contribution in [0.5, 0.6) is 11.5 Å². The number of nitrogens with one attached hydrogen (secondary N) is 1. The largest absolute Gasteiger partial charge is 0.496 e. The lowest BCUT2D eigenvalue weighted by atomic mass is 10.0. The monoisotopic (exact) mass is 429 g/mol. The van der Waals surface area contributed by atoms with E-state index in [0.29, 0.717) is 17.9 Å². The summed E-state index contributed by atoms with van der Waals surface area (Å²) in [6.07, 6.45) is 6.10. The molecule has 3 heterocycles. The first-order valence-electron chi connectivity index (χ1n) is 11.0. The van der Waals surface area contributed by atoms with Crippen molar-refractivity contribution in [1.82, 2.24) is 19.7 Å². The van der Waals surface area contributed by atoms with Gasteiger partial charge in [0.1, 0.15) is 23.4 Å². The van der Waals surface area contributed by atoms with E-state index < -0.39 is 0 Å². The van der Waals surface area contributed by atoms with Crippen molar-refractivity contribution in [3.8, 4) is 17.6 Å². The van der Waals surface area contributed by atoms with Crippen molar-refractivity contribution >= 4 is 21.8 Å². The minimum atomic E-state index is 0.0632. The summed E-state index contributed by atoms with van der Waals surface area (Å²) in [4.78, 5) is 5.59. The Kier molecular flexibility index (Phi) is 5.24. The highest BCUT2D eigenvalue weighted by atomic mass is 16.5. The molecule has 2 aromatic heterocycles. The van der Waals surface area contributed by atoms with Crippen LogP contribution in [0.25, 0.3) is 21.8 Å². The fraction of sp³-hybridized carbons (Fsp3) is 0.360. The summed E-state index contributed by atoms with van der Waals surface area (Å²) in [6.45, 7) is 4.56. The number of aromatic amines is 1. The fourth-order valence-electron chi connectivity index (χ4n) is 4.72. The van der Waals surface area contributed by atoms with Crippen LogP contribution in [-0.4, -0.2) is 53.0 Å². The molecule has 1 fully saturated rings. The molecular weight excluding hydrogens is 402 g/mol. The van der Waals surface area contributed by atoms with E-state index in [1.54, 1.807) is 7.11 Å². The summed E-state index contributed by atoms with van der Waals surface area (Å²) >= 11 is 0. The van der Waals surface area contributed by atoms with Crippen LogP contribution < -0.4 is 9.47 Å². The third-order valence-corrected chi connectivity index (χ3v) is 6.32. The average molecular weight is 430 g/mol.